The zero-order valence-corrected chi connectivity index (χ0v) is 14.5. The van der Waals surface area contributed by atoms with E-state index in [-0.39, 0.29) is 0 Å². The number of aryl methyl sites for hydroxylation is 2. The summed E-state index contributed by atoms with van der Waals surface area (Å²) in [6, 6.07) is 9.66. The zero-order valence-electron chi connectivity index (χ0n) is 11.3. The quantitative estimate of drug-likeness (QED) is 0.869. The maximum absolute atomic E-state index is 12.2. The summed E-state index contributed by atoms with van der Waals surface area (Å²) in [6.07, 6.45) is 0.691. The molecule has 0 radical (unpaired) electrons. The maximum Gasteiger partial charge on any atom is 0.241 e. The monoisotopic (exact) mass is 373 g/mol. The van der Waals surface area contributed by atoms with Crippen molar-refractivity contribution in [3.63, 3.8) is 0 Å². The first-order chi connectivity index (χ1) is 9.40. The van der Waals surface area contributed by atoms with Crippen LogP contribution in [0, 0.1) is 13.8 Å². The molecular weight excluding hydrogens is 358 g/mol. The molecule has 3 nitrogen and oxygen atoms in total. The second-order valence-corrected chi connectivity index (χ2v) is 8.92. The summed E-state index contributed by atoms with van der Waals surface area (Å²) < 4.78 is 27.9. The fraction of sp³-hybridized carbons (Fsp3) is 0.286. The predicted molar refractivity (Wildman–Crippen MR) is 86.8 cm³/mol. The molecule has 108 valence electrons. The van der Waals surface area contributed by atoms with E-state index in [2.05, 4.69) is 20.7 Å². The van der Waals surface area contributed by atoms with Gasteiger partial charge < -0.3 is 0 Å². The standard InChI is InChI=1S/C14H16BrNO2S2/c1-10-5-3-4-6-12(10)7-8-16-20(17,18)13-9-14(15)19-11(13)2/h3-6,9,16H,7-8H2,1-2H3. The van der Waals surface area contributed by atoms with Gasteiger partial charge in [-0.25, -0.2) is 13.1 Å². The van der Waals surface area contributed by atoms with Crippen LogP contribution in [0.5, 0.6) is 0 Å². The normalized spacial score (nSPS) is 11.8. The second kappa shape index (κ2) is 6.39. The summed E-state index contributed by atoms with van der Waals surface area (Å²) in [5, 5.41) is 0. The van der Waals surface area contributed by atoms with Crippen molar-refractivity contribution in [2.24, 2.45) is 0 Å². The van der Waals surface area contributed by atoms with Crippen molar-refractivity contribution in [1.29, 1.82) is 0 Å². The van der Waals surface area contributed by atoms with Gasteiger partial charge in [-0.2, -0.15) is 0 Å². The van der Waals surface area contributed by atoms with Crippen LogP contribution in [0.1, 0.15) is 16.0 Å². The molecule has 0 aliphatic heterocycles. The molecule has 0 aliphatic rings. The van der Waals surface area contributed by atoms with Crippen molar-refractivity contribution in [2.45, 2.75) is 25.2 Å². The minimum Gasteiger partial charge on any atom is -0.211 e. The molecule has 0 saturated heterocycles. The van der Waals surface area contributed by atoms with Crippen molar-refractivity contribution in [1.82, 2.24) is 4.72 Å². The molecule has 1 aromatic carbocycles. The number of hydrogen-bond donors (Lipinski definition) is 1. The molecule has 1 aromatic heterocycles. The van der Waals surface area contributed by atoms with E-state index in [9.17, 15) is 8.42 Å². The topological polar surface area (TPSA) is 46.2 Å². The Balaban J connectivity index is 2.04. The minimum atomic E-state index is -3.42. The van der Waals surface area contributed by atoms with Crippen LogP contribution in [0.25, 0.3) is 0 Å². The van der Waals surface area contributed by atoms with E-state index in [1.165, 1.54) is 22.5 Å². The van der Waals surface area contributed by atoms with Crippen LogP contribution in [0.2, 0.25) is 0 Å². The average Bonchev–Trinajstić information content (AvgIpc) is 2.72. The number of sulfonamides is 1. The maximum atomic E-state index is 12.2. The van der Waals surface area contributed by atoms with Gasteiger partial charge in [-0.05, 0) is 53.4 Å². The largest absolute Gasteiger partial charge is 0.241 e. The molecule has 0 unspecified atom stereocenters. The molecule has 1 N–H and O–H groups in total. The Labute approximate surface area is 132 Å². The highest BCUT2D eigenvalue weighted by atomic mass is 79.9. The van der Waals surface area contributed by atoms with Crippen LogP contribution in [0.4, 0.5) is 0 Å². The summed E-state index contributed by atoms with van der Waals surface area (Å²) in [7, 11) is -3.42. The molecule has 0 bridgehead atoms. The van der Waals surface area contributed by atoms with Crippen molar-refractivity contribution in [2.75, 3.05) is 6.54 Å². The fourth-order valence-electron chi connectivity index (χ4n) is 1.99. The van der Waals surface area contributed by atoms with Crippen LogP contribution in [-0.4, -0.2) is 15.0 Å². The van der Waals surface area contributed by atoms with E-state index in [0.29, 0.717) is 17.9 Å². The van der Waals surface area contributed by atoms with Crippen LogP contribution in [0.3, 0.4) is 0 Å². The Morgan fingerprint density at radius 3 is 2.55 bits per heavy atom. The van der Waals surface area contributed by atoms with E-state index in [1.54, 1.807) is 6.07 Å². The van der Waals surface area contributed by atoms with Gasteiger partial charge in [-0.15, -0.1) is 11.3 Å². The molecule has 2 rings (SSSR count). The van der Waals surface area contributed by atoms with E-state index in [1.807, 2.05) is 38.1 Å². The lowest BCUT2D eigenvalue weighted by molar-refractivity contribution is 0.581. The summed E-state index contributed by atoms with van der Waals surface area (Å²) in [4.78, 5) is 1.15. The number of thiophene rings is 1. The summed E-state index contributed by atoms with van der Waals surface area (Å²) in [6.45, 7) is 4.25. The van der Waals surface area contributed by atoms with Gasteiger partial charge >= 0.3 is 0 Å². The molecule has 1 heterocycles. The first-order valence-corrected chi connectivity index (χ1v) is 9.29. The molecule has 0 saturated carbocycles. The van der Waals surface area contributed by atoms with Crippen LogP contribution >= 0.6 is 27.3 Å². The molecule has 0 fully saturated rings. The van der Waals surface area contributed by atoms with Crippen LogP contribution in [0.15, 0.2) is 39.0 Å². The number of halogens is 1. The van der Waals surface area contributed by atoms with E-state index in [4.69, 9.17) is 0 Å². The molecule has 0 atom stereocenters. The Hall–Kier alpha value is -0.690. The summed E-state index contributed by atoms with van der Waals surface area (Å²) in [5.41, 5.74) is 2.35. The van der Waals surface area contributed by atoms with Crippen molar-refractivity contribution in [3.8, 4) is 0 Å². The number of benzene rings is 1. The number of nitrogens with one attached hydrogen (secondary N) is 1. The SMILES string of the molecule is Cc1ccccc1CCNS(=O)(=O)c1cc(Br)sc1C. The highest BCUT2D eigenvalue weighted by Gasteiger charge is 2.18. The molecule has 20 heavy (non-hydrogen) atoms. The average molecular weight is 374 g/mol. The molecule has 0 spiro atoms. The highest BCUT2D eigenvalue weighted by Crippen LogP contribution is 2.29. The lowest BCUT2D eigenvalue weighted by Crippen LogP contribution is -2.26. The van der Waals surface area contributed by atoms with Crippen LogP contribution < -0.4 is 4.72 Å². The number of rotatable bonds is 5. The van der Waals surface area contributed by atoms with Crippen molar-refractivity contribution >= 4 is 37.3 Å². The summed E-state index contributed by atoms with van der Waals surface area (Å²) in [5.74, 6) is 0. The Morgan fingerprint density at radius 1 is 1.25 bits per heavy atom. The molecule has 2 aromatic rings. The third kappa shape index (κ3) is 3.69. The molecular formula is C14H16BrNO2S2. The third-order valence-corrected chi connectivity index (χ3v) is 6.35. The van der Waals surface area contributed by atoms with E-state index >= 15 is 0 Å². The minimum absolute atomic E-state index is 0.360. The fourth-order valence-corrected chi connectivity index (χ4v) is 5.43. The van der Waals surface area contributed by atoms with Gasteiger partial charge in [0.15, 0.2) is 0 Å². The Bertz CT molecular complexity index is 708. The van der Waals surface area contributed by atoms with Gasteiger partial charge in [0, 0.05) is 11.4 Å². The van der Waals surface area contributed by atoms with Gasteiger partial charge in [0.1, 0.15) is 0 Å². The summed E-state index contributed by atoms with van der Waals surface area (Å²) >= 11 is 4.74. The van der Waals surface area contributed by atoms with Gasteiger partial charge in [0.05, 0.1) is 8.68 Å². The van der Waals surface area contributed by atoms with Crippen molar-refractivity contribution < 1.29 is 8.42 Å². The van der Waals surface area contributed by atoms with E-state index < -0.39 is 10.0 Å². The first kappa shape index (κ1) is 15.7. The third-order valence-electron chi connectivity index (χ3n) is 3.08. The molecule has 0 aliphatic carbocycles. The lowest BCUT2D eigenvalue weighted by atomic mass is 10.1. The lowest BCUT2D eigenvalue weighted by Gasteiger charge is -2.08. The zero-order chi connectivity index (χ0) is 14.8. The van der Waals surface area contributed by atoms with Crippen LogP contribution in [-0.2, 0) is 16.4 Å². The Morgan fingerprint density at radius 2 is 1.95 bits per heavy atom. The molecule has 0 amide bonds. The van der Waals surface area contributed by atoms with Crippen molar-refractivity contribution in [3.05, 3.63) is 50.1 Å². The van der Waals surface area contributed by atoms with Gasteiger partial charge in [-0.1, -0.05) is 24.3 Å². The van der Waals surface area contributed by atoms with Gasteiger partial charge in [-0.3, -0.25) is 0 Å². The van der Waals surface area contributed by atoms with Gasteiger partial charge in [0.25, 0.3) is 0 Å². The predicted octanol–water partition coefficient (Wildman–Crippen LogP) is 3.65. The highest BCUT2D eigenvalue weighted by molar-refractivity contribution is 9.11. The van der Waals surface area contributed by atoms with Gasteiger partial charge in [0.2, 0.25) is 10.0 Å². The van der Waals surface area contributed by atoms with E-state index in [0.717, 1.165) is 8.66 Å². The Kier molecular flexibility index (Phi) is 5.01. The first-order valence-electron chi connectivity index (χ1n) is 6.20. The smallest absolute Gasteiger partial charge is 0.211 e. The molecule has 6 heteroatoms. The number of hydrogen-bond acceptors (Lipinski definition) is 3. The second-order valence-electron chi connectivity index (χ2n) is 4.55.